The Morgan fingerprint density at radius 3 is 2.07 bits per heavy atom. The summed E-state index contributed by atoms with van der Waals surface area (Å²) in [5.74, 6) is -1.58. The zero-order valence-corrected chi connectivity index (χ0v) is 15.4. The molecule has 0 saturated heterocycles. The third-order valence-corrected chi connectivity index (χ3v) is 4.25. The van der Waals surface area contributed by atoms with Crippen molar-refractivity contribution >= 4 is 23.9 Å². The number of esters is 1. The van der Waals surface area contributed by atoms with Gasteiger partial charge in [0.2, 0.25) is 0 Å². The Bertz CT molecular complexity index is 954. The second-order valence-electron chi connectivity index (χ2n) is 6.11. The lowest BCUT2D eigenvalue weighted by molar-refractivity contribution is -0.136. The molecule has 28 heavy (non-hydrogen) atoms. The van der Waals surface area contributed by atoms with Gasteiger partial charge in [-0.1, -0.05) is 66.7 Å². The zero-order chi connectivity index (χ0) is 19.9. The van der Waals surface area contributed by atoms with E-state index in [1.807, 2.05) is 60.7 Å². The minimum Gasteiger partial charge on any atom is -0.466 e. The number of allylic oxidation sites excluding steroid dienone is 1. The number of methoxy groups -OCH3 is 1. The summed E-state index contributed by atoms with van der Waals surface area (Å²) in [5.41, 5.74) is 2.17. The van der Waals surface area contributed by atoms with Crippen LogP contribution in [0.1, 0.15) is 11.1 Å². The number of imide groups is 1. The first-order chi connectivity index (χ1) is 13.6. The van der Waals surface area contributed by atoms with Crippen molar-refractivity contribution in [3.63, 3.8) is 0 Å². The zero-order valence-electron chi connectivity index (χ0n) is 15.4. The first-order valence-electron chi connectivity index (χ1n) is 8.75. The van der Waals surface area contributed by atoms with Gasteiger partial charge in [0, 0.05) is 18.6 Å². The van der Waals surface area contributed by atoms with Crippen molar-refractivity contribution in [1.29, 1.82) is 0 Å². The van der Waals surface area contributed by atoms with Gasteiger partial charge in [-0.05, 0) is 17.2 Å². The van der Waals surface area contributed by atoms with E-state index in [0.29, 0.717) is 0 Å². The number of nitrogens with zero attached hydrogens (tertiary/aromatic N) is 1. The highest BCUT2D eigenvalue weighted by atomic mass is 16.5. The van der Waals surface area contributed by atoms with Crippen molar-refractivity contribution in [3.8, 4) is 0 Å². The van der Waals surface area contributed by atoms with E-state index in [1.54, 1.807) is 12.2 Å². The standard InChI is InChI=1S/C23H19NO4/c1-28-23(27)19(16-18-10-6-3-7-11-18)20(24-21(25)14-15-22(24)26)13-12-17-8-4-2-5-9-17/h2-15H,16H2,1H3. The van der Waals surface area contributed by atoms with E-state index in [-0.39, 0.29) is 17.7 Å². The number of carbonyl (C=O) groups excluding carboxylic acids is 3. The van der Waals surface area contributed by atoms with Gasteiger partial charge in [0.25, 0.3) is 11.8 Å². The quantitative estimate of drug-likeness (QED) is 0.337. The number of rotatable bonds is 6. The molecule has 0 N–H and O–H groups in total. The molecule has 0 saturated carbocycles. The molecule has 5 nitrogen and oxygen atoms in total. The normalized spacial score (nSPS) is 14.5. The van der Waals surface area contributed by atoms with E-state index in [1.165, 1.54) is 19.3 Å². The lowest BCUT2D eigenvalue weighted by Gasteiger charge is -2.19. The van der Waals surface area contributed by atoms with Crippen LogP contribution in [0.5, 0.6) is 0 Å². The van der Waals surface area contributed by atoms with E-state index in [0.717, 1.165) is 16.0 Å². The monoisotopic (exact) mass is 373 g/mol. The molecular weight excluding hydrogens is 354 g/mol. The summed E-state index contributed by atoms with van der Waals surface area (Å²) in [6.07, 6.45) is 5.96. The molecule has 0 aromatic heterocycles. The van der Waals surface area contributed by atoms with Crippen LogP contribution in [-0.4, -0.2) is 29.8 Å². The first-order valence-corrected chi connectivity index (χ1v) is 8.75. The molecule has 1 heterocycles. The summed E-state index contributed by atoms with van der Waals surface area (Å²) in [6.45, 7) is 0. The van der Waals surface area contributed by atoms with Crippen molar-refractivity contribution in [1.82, 2.24) is 4.90 Å². The summed E-state index contributed by atoms with van der Waals surface area (Å²) in [6, 6.07) is 18.7. The summed E-state index contributed by atoms with van der Waals surface area (Å²) in [7, 11) is 1.28. The van der Waals surface area contributed by atoms with Crippen LogP contribution in [0.25, 0.3) is 6.08 Å². The number of benzene rings is 2. The van der Waals surface area contributed by atoms with Gasteiger partial charge in [0.05, 0.1) is 18.4 Å². The van der Waals surface area contributed by atoms with E-state index < -0.39 is 17.8 Å². The highest BCUT2D eigenvalue weighted by Crippen LogP contribution is 2.23. The summed E-state index contributed by atoms with van der Waals surface area (Å²) in [5, 5.41) is 0. The molecule has 1 aliphatic rings. The Morgan fingerprint density at radius 1 is 0.929 bits per heavy atom. The third kappa shape index (κ3) is 4.32. The number of ether oxygens (including phenoxy) is 1. The summed E-state index contributed by atoms with van der Waals surface area (Å²) >= 11 is 0. The molecule has 0 spiro atoms. The Morgan fingerprint density at radius 2 is 1.50 bits per heavy atom. The van der Waals surface area contributed by atoms with Gasteiger partial charge in [0.15, 0.2) is 0 Å². The molecule has 2 aromatic carbocycles. The Labute approximate surface area is 163 Å². The lowest BCUT2D eigenvalue weighted by atomic mass is 10.0. The molecular formula is C23H19NO4. The fraction of sp³-hybridized carbons (Fsp3) is 0.0870. The summed E-state index contributed by atoms with van der Waals surface area (Å²) in [4.78, 5) is 38.2. The van der Waals surface area contributed by atoms with Crippen LogP contribution in [-0.2, 0) is 25.5 Å². The van der Waals surface area contributed by atoms with Gasteiger partial charge in [0.1, 0.15) is 0 Å². The highest BCUT2D eigenvalue weighted by molar-refractivity contribution is 6.15. The second-order valence-corrected chi connectivity index (χ2v) is 6.11. The number of hydrogen-bond donors (Lipinski definition) is 0. The summed E-state index contributed by atoms with van der Waals surface area (Å²) < 4.78 is 4.95. The minimum atomic E-state index is -0.593. The Balaban J connectivity index is 2.11. The number of hydrogen-bond acceptors (Lipinski definition) is 4. The van der Waals surface area contributed by atoms with Crippen LogP contribution in [0.15, 0.2) is 90.2 Å². The molecule has 0 unspecified atom stereocenters. The predicted molar refractivity (Wildman–Crippen MR) is 106 cm³/mol. The van der Waals surface area contributed by atoms with Crippen molar-refractivity contribution < 1.29 is 19.1 Å². The van der Waals surface area contributed by atoms with Gasteiger partial charge in [-0.3, -0.25) is 9.59 Å². The van der Waals surface area contributed by atoms with E-state index in [4.69, 9.17) is 4.74 Å². The largest absolute Gasteiger partial charge is 0.466 e. The fourth-order valence-corrected chi connectivity index (χ4v) is 2.88. The van der Waals surface area contributed by atoms with Crippen LogP contribution >= 0.6 is 0 Å². The van der Waals surface area contributed by atoms with Crippen LogP contribution < -0.4 is 0 Å². The maximum absolute atomic E-state index is 12.6. The predicted octanol–water partition coefficient (Wildman–Crippen LogP) is 3.29. The smallest absolute Gasteiger partial charge is 0.336 e. The molecule has 0 radical (unpaired) electrons. The number of amides is 2. The number of carbonyl (C=O) groups is 3. The maximum Gasteiger partial charge on any atom is 0.336 e. The van der Waals surface area contributed by atoms with Gasteiger partial charge < -0.3 is 4.74 Å². The third-order valence-electron chi connectivity index (χ3n) is 4.25. The lowest BCUT2D eigenvalue weighted by Crippen LogP contribution is -2.31. The molecule has 2 amide bonds. The van der Waals surface area contributed by atoms with E-state index >= 15 is 0 Å². The molecule has 0 aliphatic carbocycles. The highest BCUT2D eigenvalue weighted by Gasteiger charge is 2.30. The molecule has 140 valence electrons. The van der Waals surface area contributed by atoms with Gasteiger partial charge in [-0.25, -0.2) is 9.69 Å². The topological polar surface area (TPSA) is 63.7 Å². The van der Waals surface area contributed by atoms with Gasteiger partial charge in [-0.2, -0.15) is 0 Å². The van der Waals surface area contributed by atoms with Gasteiger partial charge in [-0.15, -0.1) is 0 Å². The average molecular weight is 373 g/mol. The first kappa shape index (κ1) is 19.0. The molecule has 0 atom stereocenters. The Kier molecular flexibility index (Phi) is 5.97. The molecule has 5 heteroatoms. The van der Waals surface area contributed by atoms with Crippen molar-refractivity contribution in [2.75, 3.05) is 7.11 Å². The molecule has 3 rings (SSSR count). The van der Waals surface area contributed by atoms with E-state index in [9.17, 15) is 14.4 Å². The van der Waals surface area contributed by atoms with Crippen LogP contribution in [0.2, 0.25) is 0 Å². The van der Waals surface area contributed by atoms with Crippen molar-refractivity contribution in [3.05, 3.63) is 101 Å². The van der Waals surface area contributed by atoms with Gasteiger partial charge >= 0.3 is 5.97 Å². The fourth-order valence-electron chi connectivity index (χ4n) is 2.88. The maximum atomic E-state index is 12.6. The average Bonchev–Trinajstić information content (AvgIpc) is 3.06. The SMILES string of the molecule is COC(=O)C(Cc1ccccc1)=C(C=Cc1ccccc1)N1C(=O)C=CC1=O. The van der Waals surface area contributed by atoms with Crippen LogP contribution in [0.4, 0.5) is 0 Å². The molecule has 0 fully saturated rings. The van der Waals surface area contributed by atoms with Crippen LogP contribution in [0.3, 0.4) is 0 Å². The van der Waals surface area contributed by atoms with E-state index in [2.05, 4.69) is 0 Å². The molecule has 0 bridgehead atoms. The van der Waals surface area contributed by atoms with Crippen molar-refractivity contribution in [2.45, 2.75) is 6.42 Å². The van der Waals surface area contributed by atoms with Crippen molar-refractivity contribution in [2.24, 2.45) is 0 Å². The van der Waals surface area contributed by atoms with Crippen LogP contribution in [0, 0.1) is 0 Å². The molecule has 2 aromatic rings. The second kappa shape index (κ2) is 8.77. The minimum absolute atomic E-state index is 0.208. The molecule has 1 aliphatic heterocycles. The Hall–Kier alpha value is -3.73.